The second-order valence-corrected chi connectivity index (χ2v) is 5.92. The predicted molar refractivity (Wildman–Crippen MR) is 92.3 cm³/mol. The molecule has 0 radical (unpaired) electrons. The molecular weight excluding hydrogens is 394 g/mol. The number of aromatic nitrogens is 2. The summed E-state index contributed by atoms with van der Waals surface area (Å²) in [5.74, 6) is -1.53. The maximum atomic E-state index is 12.1. The van der Waals surface area contributed by atoms with Gasteiger partial charge in [0.1, 0.15) is 0 Å². The molecule has 1 heterocycles. The van der Waals surface area contributed by atoms with E-state index < -0.39 is 11.9 Å². The molecule has 132 valence electrons. The van der Waals surface area contributed by atoms with E-state index in [-0.39, 0.29) is 23.5 Å². The van der Waals surface area contributed by atoms with Crippen LogP contribution in [0.2, 0.25) is 0 Å². The van der Waals surface area contributed by atoms with Crippen LogP contribution in [0, 0.1) is 0 Å². The first-order valence-electron chi connectivity index (χ1n) is 7.22. The highest BCUT2D eigenvalue weighted by atomic mass is 79.9. The number of methoxy groups -OCH3 is 2. The fraction of sp³-hybridized carbons (Fsp3) is 0.250. The van der Waals surface area contributed by atoms with Gasteiger partial charge in [-0.2, -0.15) is 5.10 Å². The van der Waals surface area contributed by atoms with Crippen molar-refractivity contribution < 1.29 is 23.9 Å². The van der Waals surface area contributed by atoms with E-state index in [1.807, 2.05) is 0 Å². The number of aryl methyl sites for hydroxylation is 1. The van der Waals surface area contributed by atoms with Gasteiger partial charge < -0.3 is 14.8 Å². The lowest BCUT2D eigenvalue weighted by Crippen LogP contribution is -2.16. The van der Waals surface area contributed by atoms with Crippen LogP contribution < -0.4 is 5.32 Å². The van der Waals surface area contributed by atoms with Gasteiger partial charge in [-0.1, -0.05) is 0 Å². The molecule has 25 heavy (non-hydrogen) atoms. The van der Waals surface area contributed by atoms with Gasteiger partial charge in [-0.05, 0) is 34.1 Å². The van der Waals surface area contributed by atoms with Gasteiger partial charge in [-0.15, -0.1) is 0 Å². The van der Waals surface area contributed by atoms with Gasteiger partial charge in [0, 0.05) is 24.8 Å². The number of halogens is 1. The molecule has 0 aliphatic carbocycles. The summed E-state index contributed by atoms with van der Waals surface area (Å²) >= 11 is 3.28. The number of benzene rings is 1. The summed E-state index contributed by atoms with van der Waals surface area (Å²) in [5, 5.41) is 6.71. The molecule has 0 spiro atoms. The van der Waals surface area contributed by atoms with Crippen LogP contribution in [0.15, 0.2) is 35.1 Å². The summed E-state index contributed by atoms with van der Waals surface area (Å²) in [4.78, 5) is 35.5. The summed E-state index contributed by atoms with van der Waals surface area (Å²) in [6.45, 7) is 0.387. The summed E-state index contributed by atoms with van der Waals surface area (Å²) in [6, 6.07) is 4.20. The molecule has 0 bridgehead atoms. The van der Waals surface area contributed by atoms with Crippen LogP contribution in [-0.4, -0.2) is 41.8 Å². The number of rotatable bonds is 6. The first kappa shape index (κ1) is 18.7. The lowest BCUT2D eigenvalue weighted by molar-refractivity contribution is -0.116. The molecule has 0 saturated carbocycles. The lowest BCUT2D eigenvalue weighted by Gasteiger charge is -2.09. The molecule has 0 unspecified atom stereocenters. The standard InChI is InChI=1S/C16H16BrN3O5/c1-24-15(22)10-5-11(16(23)25-2)7-13(6-10)19-14(21)3-4-20-9-12(17)8-18-20/h5-9H,3-4H2,1-2H3,(H,19,21). The summed E-state index contributed by atoms with van der Waals surface area (Å²) in [7, 11) is 2.46. The zero-order valence-corrected chi connectivity index (χ0v) is 15.2. The van der Waals surface area contributed by atoms with Crippen LogP contribution in [0.1, 0.15) is 27.1 Å². The molecule has 8 nitrogen and oxygen atoms in total. The Morgan fingerprint density at radius 3 is 2.20 bits per heavy atom. The minimum Gasteiger partial charge on any atom is -0.465 e. The topological polar surface area (TPSA) is 99.5 Å². The fourth-order valence-corrected chi connectivity index (χ4v) is 2.40. The predicted octanol–water partition coefficient (Wildman–Crippen LogP) is 2.25. The second kappa shape index (κ2) is 8.43. The molecule has 0 saturated heterocycles. The van der Waals surface area contributed by atoms with Crippen LogP contribution in [0.25, 0.3) is 0 Å². The first-order valence-corrected chi connectivity index (χ1v) is 8.01. The summed E-state index contributed by atoms with van der Waals surface area (Å²) in [5.41, 5.74) is 0.573. The number of esters is 2. The number of nitrogens with zero attached hydrogens (tertiary/aromatic N) is 2. The number of carbonyl (C=O) groups is 3. The Bertz CT molecular complexity index is 769. The molecule has 1 aromatic carbocycles. The zero-order chi connectivity index (χ0) is 18.4. The number of nitrogens with one attached hydrogen (secondary N) is 1. The van der Waals surface area contributed by atoms with Gasteiger partial charge in [-0.25, -0.2) is 9.59 Å². The van der Waals surface area contributed by atoms with E-state index >= 15 is 0 Å². The molecule has 1 aromatic heterocycles. The average molecular weight is 410 g/mol. The maximum Gasteiger partial charge on any atom is 0.337 e. The Morgan fingerprint density at radius 1 is 1.12 bits per heavy atom. The van der Waals surface area contributed by atoms with Crippen molar-refractivity contribution in [2.75, 3.05) is 19.5 Å². The first-order chi connectivity index (χ1) is 11.9. The average Bonchev–Trinajstić information content (AvgIpc) is 3.03. The maximum absolute atomic E-state index is 12.1. The van der Waals surface area contributed by atoms with Crippen LogP contribution in [0.4, 0.5) is 5.69 Å². The van der Waals surface area contributed by atoms with E-state index in [1.54, 1.807) is 17.1 Å². The van der Waals surface area contributed by atoms with Crippen molar-refractivity contribution in [2.45, 2.75) is 13.0 Å². The van der Waals surface area contributed by atoms with Gasteiger partial charge in [0.25, 0.3) is 0 Å². The number of amides is 1. The van der Waals surface area contributed by atoms with E-state index in [0.29, 0.717) is 12.2 Å². The number of ether oxygens (including phenoxy) is 2. The van der Waals surface area contributed by atoms with E-state index in [4.69, 9.17) is 0 Å². The van der Waals surface area contributed by atoms with Crippen LogP contribution in [-0.2, 0) is 20.8 Å². The highest BCUT2D eigenvalue weighted by molar-refractivity contribution is 9.10. The Balaban J connectivity index is 2.12. The molecule has 9 heteroatoms. The third-order valence-corrected chi connectivity index (χ3v) is 3.64. The minimum absolute atomic E-state index is 0.136. The number of carbonyl (C=O) groups excluding carboxylic acids is 3. The van der Waals surface area contributed by atoms with Gasteiger partial charge in [0.05, 0.1) is 36.0 Å². The fourth-order valence-electron chi connectivity index (χ4n) is 2.07. The lowest BCUT2D eigenvalue weighted by atomic mass is 10.1. The van der Waals surface area contributed by atoms with Crippen LogP contribution in [0.5, 0.6) is 0 Å². The molecule has 2 rings (SSSR count). The number of anilines is 1. The van der Waals surface area contributed by atoms with Crippen molar-refractivity contribution in [3.8, 4) is 0 Å². The van der Waals surface area contributed by atoms with E-state index in [9.17, 15) is 14.4 Å². The van der Waals surface area contributed by atoms with Crippen molar-refractivity contribution in [1.29, 1.82) is 0 Å². The molecular formula is C16H16BrN3O5. The third-order valence-electron chi connectivity index (χ3n) is 3.23. The summed E-state index contributed by atoms with van der Waals surface area (Å²) in [6.07, 6.45) is 3.55. The van der Waals surface area contributed by atoms with Crippen molar-refractivity contribution in [1.82, 2.24) is 9.78 Å². The molecule has 1 amide bonds. The summed E-state index contributed by atoms with van der Waals surface area (Å²) < 4.78 is 11.7. The van der Waals surface area contributed by atoms with Gasteiger partial charge in [0.2, 0.25) is 5.91 Å². The van der Waals surface area contributed by atoms with Crippen molar-refractivity contribution >= 4 is 39.5 Å². The molecule has 1 N–H and O–H groups in total. The van der Waals surface area contributed by atoms with E-state index in [1.165, 1.54) is 32.4 Å². The molecule has 0 aliphatic rings. The number of hydrogen-bond donors (Lipinski definition) is 1. The monoisotopic (exact) mass is 409 g/mol. The van der Waals surface area contributed by atoms with Gasteiger partial charge in [0.15, 0.2) is 0 Å². The Morgan fingerprint density at radius 2 is 1.72 bits per heavy atom. The van der Waals surface area contributed by atoms with E-state index in [0.717, 1.165) is 4.47 Å². The Hall–Kier alpha value is -2.68. The van der Waals surface area contributed by atoms with Crippen LogP contribution in [0.3, 0.4) is 0 Å². The minimum atomic E-state index is -0.623. The molecule has 0 atom stereocenters. The van der Waals surface area contributed by atoms with E-state index in [2.05, 4.69) is 35.8 Å². The second-order valence-electron chi connectivity index (χ2n) is 5.00. The normalized spacial score (nSPS) is 10.2. The Kier molecular flexibility index (Phi) is 6.29. The third kappa shape index (κ3) is 5.15. The highest BCUT2D eigenvalue weighted by Gasteiger charge is 2.15. The SMILES string of the molecule is COC(=O)c1cc(NC(=O)CCn2cc(Br)cn2)cc(C(=O)OC)c1. The van der Waals surface area contributed by atoms with Crippen LogP contribution >= 0.6 is 15.9 Å². The van der Waals surface area contributed by atoms with Gasteiger partial charge in [-0.3, -0.25) is 9.48 Å². The largest absolute Gasteiger partial charge is 0.465 e. The van der Waals surface area contributed by atoms with Crippen molar-refractivity contribution in [2.24, 2.45) is 0 Å². The number of hydrogen-bond acceptors (Lipinski definition) is 6. The molecule has 2 aromatic rings. The zero-order valence-electron chi connectivity index (χ0n) is 13.6. The highest BCUT2D eigenvalue weighted by Crippen LogP contribution is 2.17. The van der Waals surface area contributed by atoms with Crippen molar-refractivity contribution in [3.63, 3.8) is 0 Å². The molecule has 0 aliphatic heterocycles. The smallest absolute Gasteiger partial charge is 0.337 e. The van der Waals surface area contributed by atoms with Gasteiger partial charge >= 0.3 is 11.9 Å². The Labute approximate surface area is 152 Å². The van der Waals surface area contributed by atoms with Crippen molar-refractivity contribution in [3.05, 3.63) is 46.2 Å². The quantitative estimate of drug-likeness (QED) is 0.734. The molecule has 0 fully saturated rings.